The number of nitrogens with zero attached hydrogens (tertiary/aromatic N) is 8. The van der Waals surface area contributed by atoms with Gasteiger partial charge in [-0.05, 0) is 61.8 Å². The van der Waals surface area contributed by atoms with Gasteiger partial charge in [0.25, 0.3) is 11.8 Å². The molecule has 4 aliphatic heterocycles. The Morgan fingerprint density at radius 2 is 1.88 bits per heavy atom. The average molecular weight is 791 g/mol. The lowest BCUT2D eigenvalue weighted by molar-refractivity contribution is -0.136. The van der Waals surface area contributed by atoms with Crippen molar-refractivity contribution in [1.82, 2.24) is 39.5 Å². The zero-order valence-electron chi connectivity index (χ0n) is 32.0. The van der Waals surface area contributed by atoms with Crippen LogP contribution in [0.25, 0.3) is 16.6 Å². The molecular formula is C41H43FN10O6. The number of imide groups is 1. The number of halogens is 1. The fraction of sp³-hybridized carbons (Fsp3) is 0.439. The maximum Gasteiger partial charge on any atom is 0.261 e. The lowest BCUT2D eigenvalue weighted by atomic mass is 9.92. The summed E-state index contributed by atoms with van der Waals surface area (Å²) < 4.78 is 31.6. The van der Waals surface area contributed by atoms with E-state index in [-0.39, 0.29) is 56.2 Å². The number of methoxy groups -OCH3 is 1. The van der Waals surface area contributed by atoms with Crippen LogP contribution < -0.4 is 25.0 Å². The molecule has 0 bridgehead atoms. The van der Waals surface area contributed by atoms with E-state index in [1.807, 2.05) is 34.0 Å². The topological polar surface area (TPSA) is 169 Å². The second kappa shape index (κ2) is 14.1. The Bertz CT molecular complexity index is 2480. The fourth-order valence-corrected chi connectivity index (χ4v) is 8.81. The highest BCUT2D eigenvalue weighted by Gasteiger charge is 2.47. The van der Waals surface area contributed by atoms with Crippen LogP contribution in [0.1, 0.15) is 70.8 Å². The first-order chi connectivity index (χ1) is 28.1. The van der Waals surface area contributed by atoms with Gasteiger partial charge in [0.2, 0.25) is 11.8 Å². The second-order valence-electron chi connectivity index (χ2n) is 16.3. The number of carbonyl (C=O) groups excluding carboxylic acids is 4. The molecule has 4 amide bonds. The zero-order chi connectivity index (χ0) is 39.7. The van der Waals surface area contributed by atoms with E-state index in [9.17, 15) is 19.2 Å². The number of nitrogens with one attached hydrogen (secondary N) is 2. The number of ether oxygens (including phenoxy) is 2. The summed E-state index contributed by atoms with van der Waals surface area (Å²) in [7, 11) is 1.49. The van der Waals surface area contributed by atoms with Crippen LogP contribution in [0.2, 0.25) is 0 Å². The van der Waals surface area contributed by atoms with Crippen molar-refractivity contribution in [3.63, 3.8) is 0 Å². The first-order valence-corrected chi connectivity index (χ1v) is 19.9. The van der Waals surface area contributed by atoms with Gasteiger partial charge < -0.3 is 24.6 Å². The molecule has 58 heavy (non-hydrogen) atoms. The van der Waals surface area contributed by atoms with Crippen LogP contribution in [-0.4, -0.2) is 116 Å². The molecule has 5 aliphatic rings. The second-order valence-corrected chi connectivity index (χ2v) is 16.3. The van der Waals surface area contributed by atoms with Crippen molar-refractivity contribution in [1.29, 1.82) is 0 Å². The van der Waals surface area contributed by atoms with E-state index in [1.54, 1.807) is 29.0 Å². The minimum atomic E-state index is -1.40. The molecule has 300 valence electrons. The van der Waals surface area contributed by atoms with Crippen LogP contribution in [0.4, 0.5) is 15.8 Å². The van der Waals surface area contributed by atoms with Gasteiger partial charge in [-0.2, -0.15) is 10.2 Å². The van der Waals surface area contributed by atoms with Gasteiger partial charge in [-0.3, -0.25) is 34.1 Å². The minimum Gasteiger partial charge on any atom is -0.496 e. The molecule has 1 saturated carbocycles. The first kappa shape index (κ1) is 36.3. The zero-order valence-corrected chi connectivity index (χ0v) is 32.0. The fourth-order valence-electron chi connectivity index (χ4n) is 8.81. The van der Waals surface area contributed by atoms with Gasteiger partial charge in [-0.1, -0.05) is 0 Å². The SMILES string of the molecule is COc1cc(N2CC(F)(CN3CCC(n4cc5cc(NC(=O)c6cnn7cccnc67)c(OCC6CC6)cc5n4)CC3)C2)cc2c1C(=O)N(C1CCC(=O)NC1=O)C2. The molecular weight excluding hydrogens is 748 g/mol. The lowest BCUT2D eigenvalue weighted by Gasteiger charge is -2.48. The Hall–Kier alpha value is -6.10. The average Bonchev–Trinajstić information content (AvgIpc) is 3.63. The first-order valence-electron chi connectivity index (χ1n) is 19.9. The molecule has 2 aromatic carbocycles. The summed E-state index contributed by atoms with van der Waals surface area (Å²) in [6.45, 7) is 2.98. The van der Waals surface area contributed by atoms with Crippen molar-refractivity contribution in [2.45, 2.75) is 62.8 Å². The summed E-state index contributed by atoms with van der Waals surface area (Å²) in [5.74, 6) is 0.0373. The predicted octanol–water partition coefficient (Wildman–Crippen LogP) is 3.76. The van der Waals surface area contributed by atoms with Gasteiger partial charge in [-0.25, -0.2) is 13.9 Å². The van der Waals surface area contributed by atoms with E-state index in [2.05, 4.69) is 25.6 Å². The Balaban J connectivity index is 0.776. The molecule has 0 spiro atoms. The van der Waals surface area contributed by atoms with E-state index in [4.69, 9.17) is 14.6 Å². The van der Waals surface area contributed by atoms with Crippen LogP contribution in [0.5, 0.6) is 11.5 Å². The van der Waals surface area contributed by atoms with Crippen LogP contribution >= 0.6 is 0 Å². The number of fused-ring (bicyclic) bond motifs is 3. The normalized spacial score (nSPS) is 21.0. The third-order valence-corrected chi connectivity index (χ3v) is 12.1. The number of alkyl halides is 1. The Morgan fingerprint density at radius 3 is 2.66 bits per heavy atom. The van der Waals surface area contributed by atoms with E-state index in [0.29, 0.717) is 53.0 Å². The third-order valence-electron chi connectivity index (χ3n) is 12.1. The number of likely N-dealkylation sites (tertiary alicyclic amines) is 1. The van der Waals surface area contributed by atoms with Crippen molar-refractivity contribution < 1.29 is 33.0 Å². The van der Waals surface area contributed by atoms with Gasteiger partial charge in [-0.15, -0.1) is 0 Å². The minimum absolute atomic E-state index is 0.136. The molecule has 10 rings (SSSR count). The maximum absolute atomic E-state index is 16.2. The molecule has 2 N–H and O–H groups in total. The van der Waals surface area contributed by atoms with Crippen molar-refractivity contribution in [2.24, 2.45) is 5.92 Å². The Labute approximate surface area is 332 Å². The van der Waals surface area contributed by atoms with E-state index in [1.165, 1.54) is 18.2 Å². The van der Waals surface area contributed by atoms with Gasteiger partial charge in [0, 0.05) is 74.4 Å². The summed E-state index contributed by atoms with van der Waals surface area (Å²) in [5, 5.41) is 15.4. The molecule has 4 fully saturated rings. The number of carbonyl (C=O) groups is 4. The molecule has 5 aromatic rings. The highest BCUT2D eigenvalue weighted by atomic mass is 19.1. The number of anilines is 2. The summed E-state index contributed by atoms with van der Waals surface area (Å²) in [6, 6.07) is 8.62. The number of hydrogen-bond donors (Lipinski definition) is 2. The van der Waals surface area contributed by atoms with Crippen molar-refractivity contribution >= 4 is 51.6 Å². The number of aromatic nitrogens is 5. The van der Waals surface area contributed by atoms with Crippen molar-refractivity contribution in [3.8, 4) is 11.5 Å². The molecule has 0 radical (unpaired) electrons. The highest BCUT2D eigenvalue weighted by Crippen LogP contribution is 2.41. The Morgan fingerprint density at radius 1 is 1.05 bits per heavy atom. The van der Waals surface area contributed by atoms with Gasteiger partial charge in [0.1, 0.15) is 23.1 Å². The van der Waals surface area contributed by atoms with E-state index >= 15 is 4.39 Å². The van der Waals surface area contributed by atoms with E-state index in [0.717, 1.165) is 60.9 Å². The van der Waals surface area contributed by atoms with Crippen LogP contribution in [0, 0.1) is 5.92 Å². The summed E-state index contributed by atoms with van der Waals surface area (Å²) >= 11 is 0. The molecule has 16 nitrogen and oxygen atoms in total. The predicted molar refractivity (Wildman–Crippen MR) is 209 cm³/mol. The van der Waals surface area contributed by atoms with Gasteiger partial charge in [0.05, 0.1) is 55.8 Å². The van der Waals surface area contributed by atoms with Crippen molar-refractivity contribution in [3.05, 3.63) is 71.8 Å². The highest BCUT2D eigenvalue weighted by molar-refractivity contribution is 6.10. The molecule has 3 saturated heterocycles. The smallest absolute Gasteiger partial charge is 0.261 e. The number of hydrogen-bond acceptors (Lipinski definition) is 11. The number of rotatable bonds is 11. The Kier molecular flexibility index (Phi) is 8.80. The van der Waals surface area contributed by atoms with Crippen LogP contribution in [0.15, 0.2) is 55.1 Å². The molecule has 17 heteroatoms. The number of amides is 4. The molecule has 1 aliphatic carbocycles. The third kappa shape index (κ3) is 6.66. The van der Waals surface area contributed by atoms with E-state index < -0.39 is 17.6 Å². The molecule has 1 atom stereocenters. The van der Waals surface area contributed by atoms with Gasteiger partial charge >= 0.3 is 0 Å². The summed E-state index contributed by atoms with van der Waals surface area (Å²) in [6.07, 6.45) is 11.2. The lowest BCUT2D eigenvalue weighted by Crippen LogP contribution is -2.64. The maximum atomic E-state index is 16.2. The number of piperidine rings is 2. The molecule has 7 heterocycles. The van der Waals surface area contributed by atoms with Crippen LogP contribution in [0.3, 0.4) is 0 Å². The van der Waals surface area contributed by atoms with Crippen molar-refractivity contribution in [2.75, 3.05) is 56.7 Å². The largest absolute Gasteiger partial charge is 0.496 e. The molecule has 1 unspecified atom stereocenters. The summed E-state index contributed by atoms with van der Waals surface area (Å²) in [5.41, 5.74) is 2.66. The standard InChI is InChI=1S/C41H43FN10O6/c1-57-34-15-28(13-26-18-50(40(56)36(26)34)32-5-6-35(53)46-39(32)55)49-22-41(42,23-49)21-48-11-7-27(8-12-48)52-19-25-14-31(33(16-30(25)47-52)58-20-24-3-4-24)45-38(54)29-17-44-51-10-2-9-43-37(29)51/h2,9-10,13-17,19,24,27,32H,3-8,11-12,18,20-23H2,1H3,(H,45,54)(H,46,53,55). The monoisotopic (exact) mass is 790 g/mol. The number of benzene rings is 2. The summed E-state index contributed by atoms with van der Waals surface area (Å²) in [4.78, 5) is 61.0. The van der Waals surface area contributed by atoms with Gasteiger partial charge in [0.15, 0.2) is 11.3 Å². The quantitative estimate of drug-likeness (QED) is 0.187. The van der Waals surface area contributed by atoms with Crippen LogP contribution in [-0.2, 0) is 16.1 Å². The molecule has 3 aromatic heterocycles.